The highest BCUT2D eigenvalue weighted by Gasteiger charge is 2.34. The Morgan fingerprint density at radius 1 is 1.17 bits per heavy atom. The molecule has 0 bridgehead atoms. The molecule has 1 atom stereocenters. The van der Waals surface area contributed by atoms with Crippen molar-refractivity contribution < 1.29 is 23.1 Å². The number of nitrogens with zero attached hydrogens (tertiary/aromatic N) is 1. The van der Waals surface area contributed by atoms with Gasteiger partial charge in [-0.15, -0.1) is 0 Å². The van der Waals surface area contributed by atoms with Crippen LogP contribution in [0.3, 0.4) is 0 Å². The van der Waals surface area contributed by atoms with Crippen molar-refractivity contribution in [3.8, 4) is 0 Å². The van der Waals surface area contributed by atoms with Crippen LogP contribution in [0.2, 0.25) is 5.02 Å². The number of carbonyl (C=O) groups is 2. The standard InChI is InChI=1S/C20H21ClN2O5S/c1-13-4-7-16(21)11-18(13)29(27,28)23-10-2-3-15(12-23)19(24)22-17-8-5-14(6-9-17)20(25)26/h4-9,11,15H,2-3,10,12H2,1H3,(H,22,24)(H,25,26). The largest absolute Gasteiger partial charge is 0.478 e. The van der Waals surface area contributed by atoms with Crippen LogP contribution in [0.5, 0.6) is 0 Å². The van der Waals surface area contributed by atoms with E-state index in [4.69, 9.17) is 16.7 Å². The van der Waals surface area contributed by atoms with Crippen LogP contribution in [0, 0.1) is 12.8 Å². The molecule has 1 amide bonds. The molecule has 1 aliphatic rings. The summed E-state index contributed by atoms with van der Waals surface area (Å²) in [6.45, 7) is 2.12. The van der Waals surface area contributed by atoms with E-state index in [9.17, 15) is 18.0 Å². The van der Waals surface area contributed by atoms with Crippen LogP contribution >= 0.6 is 11.6 Å². The Hall–Kier alpha value is -2.42. The van der Waals surface area contributed by atoms with Gasteiger partial charge in [-0.1, -0.05) is 17.7 Å². The number of benzene rings is 2. The van der Waals surface area contributed by atoms with Crippen LogP contribution in [0.4, 0.5) is 5.69 Å². The molecule has 0 aliphatic carbocycles. The summed E-state index contributed by atoms with van der Waals surface area (Å²) in [6, 6.07) is 10.5. The van der Waals surface area contributed by atoms with E-state index >= 15 is 0 Å². The fourth-order valence-corrected chi connectivity index (χ4v) is 5.32. The van der Waals surface area contributed by atoms with Gasteiger partial charge < -0.3 is 10.4 Å². The lowest BCUT2D eigenvalue weighted by Gasteiger charge is -2.31. The topological polar surface area (TPSA) is 104 Å². The van der Waals surface area contributed by atoms with Gasteiger partial charge in [0.2, 0.25) is 15.9 Å². The van der Waals surface area contributed by atoms with Gasteiger partial charge in [0, 0.05) is 23.8 Å². The molecule has 1 aliphatic heterocycles. The summed E-state index contributed by atoms with van der Waals surface area (Å²) in [5, 5.41) is 12.0. The molecular formula is C20H21ClN2O5S. The number of carbonyl (C=O) groups excluding carboxylic acids is 1. The quantitative estimate of drug-likeness (QED) is 0.747. The molecule has 29 heavy (non-hydrogen) atoms. The van der Waals surface area contributed by atoms with Gasteiger partial charge in [0.15, 0.2) is 0 Å². The Labute approximate surface area is 174 Å². The predicted molar refractivity (Wildman–Crippen MR) is 110 cm³/mol. The highest BCUT2D eigenvalue weighted by Crippen LogP contribution is 2.28. The van der Waals surface area contributed by atoms with Crippen molar-refractivity contribution in [1.82, 2.24) is 4.31 Å². The zero-order valence-electron chi connectivity index (χ0n) is 15.8. The molecule has 0 aromatic heterocycles. The highest BCUT2D eigenvalue weighted by atomic mass is 35.5. The highest BCUT2D eigenvalue weighted by molar-refractivity contribution is 7.89. The number of nitrogens with one attached hydrogen (secondary N) is 1. The number of sulfonamides is 1. The number of carboxylic acid groups (broad SMARTS) is 1. The molecule has 154 valence electrons. The van der Waals surface area contributed by atoms with Crippen LogP contribution in [0.1, 0.15) is 28.8 Å². The van der Waals surface area contributed by atoms with Gasteiger partial charge in [-0.2, -0.15) is 4.31 Å². The lowest BCUT2D eigenvalue weighted by atomic mass is 9.98. The van der Waals surface area contributed by atoms with Gasteiger partial charge in [0.1, 0.15) is 0 Å². The molecule has 1 heterocycles. The van der Waals surface area contributed by atoms with Gasteiger partial charge in [0.05, 0.1) is 16.4 Å². The summed E-state index contributed by atoms with van der Waals surface area (Å²) in [5.41, 5.74) is 1.18. The molecule has 1 saturated heterocycles. The zero-order valence-corrected chi connectivity index (χ0v) is 17.3. The minimum Gasteiger partial charge on any atom is -0.478 e. The van der Waals surface area contributed by atoms with Crippen molar-refractivity contribution in [2.45, 2.75) is 24.7 Å². The summed E-state index contributed by atoms with van der Waals surface area (Å²) in [6.07, 6.45) is 1.13. The zero-order chi connectivity index (χ0) is 21.2. The van der Waals surface area contributed by atoms with Crippen molar-refractivity contribution in [2.75, 3.05) is 18.4 Å². The molecule has 0 saturated carbocycles. The van der Waals surface area contributed by atoms with Crippen LogP contribution in [-0.4, -0.2) is 42.8 Å². The van der Waals surface area contributed by atoms with Gasteiger partial charge in [-0.3, -0.25) is 4.79 Å². The van der Waals surface area contributed by atoms with Crippen molar-refractivity contribution in [3.63, 3.8) is 0 Å². The Kier molecular flexibility index (Phi) is 6.26. The first kappa shape index (κ1) is 21.3. The van der Waals surface area contributed by atoms with Crippen LogP contribution in [-0.2, 0) is 14.8 Å². The SMILES string of the molecule is Cc1ccc(Cl)cc1S(=O)(=O)N1CCCC(C(=O)Nc2ccc(C(=O)O)cc2)C1. The number of halogens is 1. The first-order chi connectivity index (χ1) is 13.7. The van der Waals surface area contributed by atoms with E-state index in [1.807, 2.05) is 0 Å². The minimum absolute atomic E-state index is 0.0767. The van der Waals surface area contributed by atoms with Crippen molar-refractivity contribution in [1.29, 1.82) is 0 Å². The summed E-state index contributed by atoms with van der Waals surface area (Å²) in [5.74, 6) is -1.85. The molecule has 3 rings (SSSR count). The van der Waals surface area contributed by atoms with E-state index in [1.165, 1.54) is 34.6 Å². The van der Waals surface area contributed by atoms with Crippen LogP contribution < -0.4 is 5.32 Å². The Morgan fingerprint density at radius 2 is 1.86 bits per heavy atom. The Bertz CT molecular complexity index is 1040. The minimum atomic E-state index is -3.77. The molecular weight excluding hydrogens is 416 g/mol. The molecule has 7 nitrogen and oxygen atoms in total. The molecule has 9 heteroatoms. The molecule has 1 unspecified atom stereocenters. The maximum atomic E-state index is 13.1. The number of hydrogen-bond donors (Lipinski definition) is 2. The third kappa shape index (κ3) is 4.77. The first-order valence-corrected chi connectivity index (χ1v) is 10.9. The second kappa shape index (κ2) is 8.52. The van der Waals surface area contributed by atoms with Crippen LogP contribution in [0.15, 0.2) is 47.4 Å². The molecule has 2 aromatic rings. The van der Waals surface area contributed by atoms with Gasteiger partial charge in [-0.05, 0) is 61.7 Å². The second-order valence-electron chi connectivity index (χ2n) is 6.98. The second-order valence-corrected chi connectivity index (χ2v) is 9.33. The fraction of sp³-hybridized carbons (Fsp3) is 0.300. The number of hydrogen-bond acceptors (Lipinski definition) is 4. The average Bonchev–Trinajstić information content (AvgIpc) is 2.70. The van der Waals surface area contributed by atoms with Gasteiger partial charge in [0.25, 0.3) is 0 Å². The van der Waals surface area contributed by atoms with Gasteiger partial charge >= 0.3 is 5.97 Å². The molecule has 0 spiro atoms. The predicted octanol–water partition coefficient (Wildman–Crippen LogP) is 3.39. The molecule has 2 N–H and O–H groups in total. The Morgan fingerprint density at radius 3 is 2.52 bits per heavy atom. The van der Waals surface area contributed by atoms with E-state index in [1.54, 1.807) is 19.1 Å². The van der Waals surface area contributed by atoms with Gasteiger partial charge in [-0.25, -0.2) is 13.2 Å². The fourth-order valence-electron chi connectivity index (χ4n) is 3.31. The number of aryl methyl sites for hydroxylation is 1. The third-order valence-electron chi connectivity index (χ3n) is 4.92. The molecule has 2 aromatic carbocycles. The maximum absolute atomic E-state index is 13.1. The third-order valence-corrected chi connectivity index (χ3v) is 7.16. The smallest absolute Gasteiger partial charge is 0.335 e. The normalized spacial score (nSPS) is 17.7. The number of piperidine rings is 1. The molecule has 1 fully saturated rings. The maximum Gasteiger partial charge on any atom is 0.335 e. The lowest BCUT2D eigenvalue weighted by Crippen LogP contribution is -2.43. The van der Waals surface area contributed by atoms with E-state index in [-0.39, 0.29) is 22.9 Å². The van der Waals surface area contributed by atoms with Crippen LogP contribution in [0.25, 0.3) is 0 Å². The first-order valence-electron chi connectivity index (χ1n) is 9.09. The summed E-state index contributed by atoms with van der Waals surface area (Å²) in [4.78, 5) is 23.7. The molecule has 0 radical (unpaired) electrons. The number of carboxylic acids is 1. The van der Waals surface area contributed by atoms with E-state index in [2.05, 4.69) is 5.32 Å². The van der Waals surface area contributed by atoms with E-state index in [0.29, 0.717) is 35.7 Å². The number of anilines is 1. The summed E-state index contributed by atoms with van der Waals surface area (Å²) >= 11 is 5.98. The number of amides is 1. The number of rotatable bonds is 5. The van der Waals surface area contributed by atoms with Crippen molar-refractivity contribution in [3.05, 3.63) is 58.6 Å². The monoisotopic (exact) mass is 436 g/mol. The summed E-state index contributed by atoms with van der Waals surface area (Å²) < 4.78 is 27.5. The average molecular weight is 437 g/mol. The summed E-state index contributed by atoms with van der Waals surface area (Å²) in [7, 11) is -3.77. The van der Waals surface area contributed by atoms with Crippen molar-refractivity contribution in [2.24, 2.45) is 5.92 Å². The number of aromatic carboxylic acids is 1. The van der Waals surface area contributed by atoms with E-state index in [0.717, 1.165) is 0 Å². The lowest BCUT2D eigenvalue weighted by molar-refractivity contribution is -0.120. The Balaban J connectivity index is 1.73. The van der Waals surface area contributed by atoms with Crippen molar-refractivity contribution >= 4 is 39.2 Å². The van der Waals surface area contributed by atoms with E-state index < -0.39 is 21.9 Å².